The Balaban J connectivity index is 1.20. The second-order valence-corrected chi connectivity index (χ2v) is 11.7. The van der Waals surface area contributed by atoms with Crippen LogP contribution in [0.2, 0.25) is 0 Å². The molecule has 0 fully saturated rings. The van der Waals surface area contributed by atoms with Gasteiger partial charge in [-0.25, -0.2) is 4.98 Å². The number of fused-ring (bicyclic) bond motifs is 6. The van der Waals surface area contributed by atoms with Gasteiger partial charge in [0.25, 0.3) is 0 Å². The van der Waals surface area contributed by atoms with Crippen LogP contribution in [0.5, 0.6) is 0 Å². The minimum Gasteiger partial charge on any atom is -0.308 e. The highest BCUT2D eigenvalue weighted by Crippen LogP contribution is 2.36. The van der Waals surface area contributed by atoms with E-state index in [2.05, 4.69) is 74.8 Å². The number of hydrogen-bond donors (Lipinski definition) is 0. The summed E-state index contributed by atoms with van der Waals surface area (Å²) < 4.78 is 4.31. The third kappa shape index (κ3) is 4.11. The molecule has 0 aliphatic heterocycles. The molecule has 0 aliphatic carbocycles. The van der Waals surface area contributed by atoms with Crippen molar-refractivity contribution >= 4 is 43.6 Å². The maximum atomic E-state index is 10.2. The summed E-state index contributed by atoms with van der Waals surface area (Å²) in [4.78, 5) is 9.67. The Morgan fingerprint density at radius 3 is 1.15 bits per heavy atom. The maximum absolute atomic E-state index is 10.2. The van der Waals surface area contributed by atoms with E-state index in [0.717, 1.165) is 66.1 Å². The molecule has 6 aromatic carbocycles. The number of rotatable bonds is 4. The van der Waals surface area contributed by atoms with E-state index in [1.807, 2.05) is 84.9 Å². The molecule has 0 bridgehead atoms. The molecule has 6 heteroatoms. The van der Waals surface area contributed by atoms with Gasteiger partial charge in [-0.2, -0.15) is 10.5 Å². The van der Waals surface area contributed by atoms with Crippen molar-refractivity contribution < 1.29 is 0 Å². The van der Waals surface area contributed by atoms with Gasteiger partial charge in [-0.05, 0) is 48.5 Å². The molecular formula is C42H24N6. The molecule has 0 atom stereocenters. The summed E-state index contributed by atoms with van der Waals surface area (Å²) in [5, 5.41) is 24.9. The van der Waals surface area contributed by atoms with Crippen LogP contribution in [-0.4, -0.2) is 19.1 Å². The normalized spacial score (nSPS) is 11.3. The molecule has 3 heterocycles. The van der Waals surface area contributed by atoms with E-state index in [4.69, 9.17) is 4.98 Å². The van der Waals surface area contributed by atoms with Crippen molar-refractivity contribution in [3.63, 3.8) is 0 Å². The quantitative estimate of drug-likeness (QED) is 0.198. The first-order chi connectivity index (χ1) is 23.7. The zero-order chi connectivity index (χ0) is 32.2. The lowest BCUT2D eigenvalue weighted by Crippen LogP contribution is -2.00. The number of benzene rings is 6. The topological polar surface area (TPSA) is 83.2 Å². The average molecular weight is 613 g/mol. The predicted octanol–water partition coefficient (Wildman–Crippen LogP) is 9.75. The molecule has 0 unspecified atom stereocenters. The van der Waals surface area contributed by atoms with Gasteiger partial charge >= 0.3 is 0 Å². The molecule has 0 N–H and O–H groups in total. The summed E-state index contributed by atoms with van der Waals surface area (Å²) >= 11 is 0. The van der Waals surface area contributed by atoms with E-state index >= 15 is 0 Å². The van der Waals surface area contributed by atoms with Crippen LogP contribution in [-0.2, 0) is 0 Å². The van der Waals surface area contributed by atoms with Crippen molar-refractivity contribution in [2.45, 2.75) is 0 Å². The van der Waals surface area contributed by atoms with Gasteiger partial charge in [0.2, 0.25) is 0 Å². The van der Waals surface area contributed by atoms with E-state index in [1.54, 1.807) is 12.4 Å². The first-order valence-corrected chi connectivity index (χ1v) is 15.6. The van der Waals surface area contributed by atoms with Crippen LogP contribution in [0, 0.1) is 22.7 Å². The summed E-state index contributed by atoms with van der Waals surface area (Å²) in [7, 11) is 0. The van der Waals surface area contributed by atoms with Crippen LogP contribution in [0.1, 0.15) is 11.1 Å². The van der Waals surface area contributed by atoms with Crippen molar-refractivity contribution in [1.82, 2.24) is 19.1 Å². The van der Waals surface area contributed by atoms with Crippen molar-refractivity contribution in [2.24, 2.45) is 0 Å². The first-order valence-electron chi connectivity index (χ1n) is 15.6. The van der Waals surface area contributed by atoms with Crippen LogP contribution in [0.25, 0.3) is 77.5 Å². The smallest absolute Gasteiger partial charge is 0.101 e. The van der Waals surface area contributed by atoms with Crippen LogP contribution in [0.4, 0.5) is 0 Å². The van der Waals surface area contributed by atoms with Crippen molar-refractivity contribution in [1.29, 1.82) is 10.5 Å². The SMILES string of the molecule is N#Cc1ccc(-c2cncc(-c3ccc(C#N)c(-n4c5ccccc5c5ccccc54)c3)n2)cc1-n1c2ccccc2c2ccccc21. The summed E-state index contributed by atoms with van der Waals surface area (Å²) in [6.07, 6.45) is 3.50. The van der Waals surface area contributed by atoms with E-state index in [9.17, 15) is 10.5 Å². The summed E-state index contributed by atoms with van der Waals surface area (Å²) in [6, 6.07) is 49.4. The minimum absolute atomic E-state index is 0.567. The number of hydrogen-bond acceptors (Lipinski definition) is 4. The fraction of sp³-hybridized carbons (Fsp3) is 0. The molecule has 0 amide bonds. The second kappa shape index (κ2) is 10.8. The monoisotopic (exact) mass is 612 g/mol. The highest BCUT2D eigenvalue weighted by Gasteiger charge is 2.18. The van der Waals surface area contributed by atoms with E-state index in [-0.39, 0.29) is 0 Å². The lowest BCUT2D eigenvalue weighted by molar-refractivity contribution is 1.15. The number of nitrogens with zero attached hydrogens (tertiary/aromatic N) is 6. The average Bonchev–Trinajstić information content (AvgIpc) is 3.67. The van der Waals surface area contributed by atoms with Gasteiger partial charge in [0, 0.05) is 32.7 Å². The molecular weight excluding hydrogens is 589 g/mol. The van der Waals surface area contributed by atoms with Crippen LogP contribution in [0.15, 0.2) is 146 Å². The standard InChI is InChI=1S/C42H24N6/c43-23-29-19-17-27(21-41(29)47-37-13-5-1-9-31(37)32-10-2-6-14-38(32)47)35-25-45-26-36(46-35)28-18-20-30(24-44)42(22-28)48-39-15-7-3-11-33(39)34-12-4-8-16-40(34)48/h1-22,25-26H. The van der Waals surface area contributed by atoms with Crippen molar-refractivity contribution in [3.05, 3.63) is 157 Å². The number of para-hydroxylation sites is 4. The van der Waals surface area contributed by atoms with E-state index in [1.165, 1.54) is 0 Å². The fourth-order valence-corrected chi connectivity index (χ4v) is 6.95. The van der Waals surface area contributed by atoms with Crippen LogP contribution in [0.3, 0.4) is 0 Å². The van der Waals surface area contributed by atoms with Crippen LogP contribution < -0.4 is 0 Å². The first kappa shape index (κ1) is 27.3. The Kier molecular flexibility index (Phi) is 6.15. The summed E-state index contributed by atoms with van der Waals surface area (Å²) in [6.45, 7) is 0. The molecule has 0 radical (unpaired) electrons. The van der Waals surface area contributed by atoms with Gasteiger partial charge in [-0.3, -0.25) is 4.98 Å². The molecule has 3 aromatic heterocycles. The molecule has 6 nitrogen and oxygen atoms in total. The Morgan fingerprint density at radius 2 is 0.792 bits per heavy atom. The fourth-order valence-electron chi connectivity index (χ4n) is 6.95. The molecule has 0 spiro atoms. The van der Waals surface area contributed by atoms with Gasteiger partial charge < -0.3 is 9.13 Å². The third-order valence-electron chi connectivity index (χ3n) is 9.10. The van der Waals surface area contributed by atoms with Gasteiger partial charge in [-0.1, -0.05) is 84.9 Å². The summed E-state index contributed by atoms with van der Waals surface area (Å²) in [5.74, 6) is 0. The van der Waals surface area contributed by atoms with Gasteiger partial charge in [0.05, 0.1) is 68.4 Å². The second-order valence-electron chi connectivity index (χ2n) is 11.7. The Hall–Kier alpha value is -7.02. The molecule has 48 heavy (non-hydrogen) atoms. The zero-order valence-electron chi connectivity index (χ0n) is 25.5. The molecule has 9 aromatic rings. The highest BCUT2D eigenvalue weighted by molar-refractivity contribution is 6.10. The molecule has 0 saturated carbocycles. The van der Waals surface area contributed by atoms with E-state index < -0.39 is 0 Å². The van der Waals surface area contributed by atoms with Gasteiger partial charge in [0.15, 0.2) is 0 Å². The lowest BCUT2D eigenvalue weighted by Gasteiger charge is -2.13. The highest BCUT2D eigenvalue weighted by atomic mass is 15.0. The Morgan fingerprint density at radius 1 is 0.438 bits per heavy atom. The van der Waals surface area contributed by atoms with Gasteiger partial charge in [-0.15, -0.1) is 0 Å². The zero-order valence-corrected chi connectivity index (χ0v) is 25.5. The summed E-state index contributed by atoms with van der Waals surface area (Å²) in [5.41, 5.74) is 9.87. The molecule has 222 valence electrons. The number of aromatic nitrogens is 4. The lowest BCUT2D eigenvalue weighted by atomic mass is 10.0. The maximum Gasteiger partial charge on any atom is 0.101 e. The molecule has 0 saturated heterocycles. The molecule has 0 aliphatic rings. The molecule has 9 rings (SSSR count). The van der Waals surface area contributed by atoms with Crippen LogP contribution >= 0.6 is 0 Å². The van der Waals surface area contributed by atoms with Crippen molar-refractivity contribution in [3.8, 4) is 46.0 Å². The van der Waals surface area contributed by atoms with E-state index in [0.29, 0.717) is 22.5 Å². The predicted molar refractivity (Wildman–Crippen MR) is 191 cm³/mol. The number of nitriles is 2. The third-order valence-corrected chi connectivity index (χ3v) is 9.10. The minimum atomic E-state index is 0.567. The van der Waals surface area contributed by atoms with Gasteiger partial charge in [0.1, 0.15) is 12.1 Å². The Bertz CT molecular complexity index is 2530. The van der Waals surface area contributed by atoms with Crippen molar-refractivity contribution in [2.75, 3.05) is 0 Å². The Labute approximate surface area is 275 Å². The largest absolute Gasteiger partial charge is 0.308 e.